The van der Waals surface area contributed by atoms with Crippen molar-refractivity contribution in [1.82, 2.24) is 0 Å². The molecule has 0 aliphatic carbocycles. The van der Waals surface area contributed by atoms with Crippen molar-refractivity contribution in [2.45, 2.75) is 6.42 Å². The van der Waals surface area contributed by atoms with E-state index in [-0.39, 0.29) is 5.78 Å². The minimum absolute atomic E-state index is 0.0390. The van der Waals surface area contributed by atoms with Gasteiger partial charge in [0.2, 0.25) is 0 Å². The normalized spacial score (nSPS) is 10.5. The van der Waals surface area contributed by atoms with Gasteiger partial charge < -0.3 is 0 Å². The van der Waals surface area contributed by atoms with Gasteiger partial charge in [-0.3, -0.25) is 4.79 Å². The SMILES string of the molecule is O=C(CBr)c1ccc(Cl)c(Cc2ccccc2Cl)c1. The molecule has 0 radical (unpaired) electrons. The van der Waals surface area contributed by atoms with Crippen molar-refractivity contribution in [2.75, 3.05) is 5.33 Å². The van der Waals surface area contributed by atoms with Crippen molar-refractivity contribution in [2.24, 2.45) is 0 Å². The first-order chi connectivity index (χ1) is 9.11. The number of alkyl halides is 1. The van der Waals surface area contributed by atoms with Crippen LogP contribution in [0.2, 0.25) is 10.0 Å². The zero-order valence-corrected chi connectivity index (χ0v) is 13.1. The number of halogens is 3. The van der Waals surface area contributed by atoms with Crippen molar-refractivity contribution < 1.29 is 4.79 Å². The van der Waals surface area contributed by atoms with E-state index >= 15 is 0 Å². The van der Waals surface area contributed by atoms with Gasteiger partial charge in [0.15, 0.2) is 5.78 Å². The molecule has 98 valence electrons. The summed E-state index contributed by atoms with van der Waals surface area (Å²) in [5.74, 6) is 0.0390. The first-order valence-corrected chi connectivity index (χ1v) is 7.60. The minimum Gasteiger partial charge on any atom is -0.293 e. The highest BCUT2D eigenvalue weighted by Crippen LogP contribution is 2.25. The van der Waals surface area contributed by atoms with Crippen LogP contribution in [0.1, 0.15) is 21.5 Å². The first-order valence-electron chi connectivity index (χ1n) is 5.73. The third-order valence-electron chi connectivity index (χ3n) is 2.83. The molecule has 0 atom stereocenters. The molecule has 0 unspecified atom stereocenters. The molecule has 0 aliphatic heterocycles. The predicted octanol–water partition coefficient (Wildman–Crippen LogP) is 5.16. The lowest BCUT2D eigenvalue weighted by Gasteiger charge is -2.08. The molecule has 19 heavy (non-hydrogen) atoms. The van der Waals surface area contributed by atoms with Crippen LogP contribution >= 0.6 is 39.1 Å². The topological polar surface area (TPSA) is 17.1 Å². The maximum Gasteiger partial charge on any atom is 0.173 e. The molecular weight excluding hydrogens is 347 g/mol. The van der Waals surface area contributed by atoms with E-state index in [1.54, 1.807) is 12.1 Å². The van der Waals surface area contributed by atoms with Gasteiger partial charge in [0.05, 0.1) is 5.33 Å². The smallest absolute Gasteiger partial charge is 0.173 e. The summed E-state index contributed by atoms with van der Waals surface area (Å²) in [5, 5.41) is 1.65. The minimum atomic E-state index is 0.0390. The maximum absolute atomic E-state index is 11.7. The van der Waals surface area contributed by atoms with Crippen LogP contribution in [-0.2, 0) is 6.42 Å². The Morgan fingerprint density at radius 1 is 1.00 bits per heavy atom. The van der Waals surface area contributed by atoms with Crippen molar-refractivity contribution in [1.29, 1.82) is 0 Å². The molecular formula is C15H11BrCl2O. The highest BCUT2D eigenvalue weighted by atomic mass is 79.9. The fraction of sp³-hybridized carbons (Fsp3) is 0.133. The van der Waals surface area contributed by atoms with Crippen LogP contribution in [0.5, 0.6) is 0 Å². The van der Waals surface area contributed by atoms with E-state index < -0.39 is 0 Å². The van der Waals surface area contributed by atoms with E-state index in [9.17, 15) is 4.79 Å². The monoisotopic (exact) mass is 356 g/mol. The Bertz CT molecular complexity index is 611. The van der Waals surface area contributed by atoms with E-state index in [1.165, 1.54) is 0 Å². The van der Waals surface area contributed by atoms with Gasteiger partial charge in [0.25, 0.3) is 0 Å². The van der Waals surface area contributed by atoms with Gasteiger partial charge in [0, 0.05) is 22.0 Å². The fourth-order valence-electron chi connectivity index (χ4n) is 1.81. The molecule has 1 nitrogen and oxygen atoms in total. The van der Waals surface area contributed by atoms with Gasteiger partial charge in [-0.2, -0.15) is 0 Å². The van der Waals surface area contributed by atoms with Crippen LogP contribution in [0, 0.1) is 0 Å². The van der Waals surface area contributed by atoms with E-state index in [1.807, 2.05) is 30.3 Å². The van der Waals surface area contributed by atoms with Crippen LogP contribution < -0.4 is 0 Å². The Balaban J connectivity index is 2.34. The van der Waals surface area contributed by atoms with Crippen molar-refractivity contribution in [3.8, 4) is 0 Å². The molecule has 0 aromatic heterocycles. The summed E-state index contributed by atoms with van der Waals surface area (Å²) in [4.78, 5) is 11.7. The summed E-state index contributed by atoms with van der Waals surface area (Å²) >= 11 is 15.5. The Labute approximate surface area is 130 Å². The Morgan fingerprint density at radius 2 is 1.68 bits per heavy atom. The zero-order chi connectivity index (χ0) is 13.8. The van der Waals surface area contributed by atoms with Crippen molar-refractivity contribution in [3.05, 3.63) is 69.2 Å². The summed E-state index contributed by atoms with van der Waals surface area (Å²) in [6.07, 6.45) is 0.613. The molecule has 0 spiro atoms. The molecule has 2 rings (SSSR count). The first kappa shape index (κ1) is 14.6. The molecule has 4 heteroatoms. The van der Waals surface area contributed by atoms with Crippen LogP contribution in [0.25, 0.3) is 0 Å². The largest absolute Gasteiger partial charge is 0.293 e. The average molecular weight is 358 g/mol. The van der Waals surface area contributed by atoms with E-state index in [2.05, 4.69) is 15.9 Å². The lowest BCUT2D eigenvalue weighted by molar-refractivity contribution is 0.102. The second-order valence-corrected chi connectivity index (χ2v) is 5.51. The maximum atomic E-state index is 11.7. The Hall–Kier alpha value is -0.830. The second kappa shape index (κ2) is 6.56. The van der Waals surface area contributed by atoms with Gasteiger partial charge in [-0.1, -0.05) is 57.3 Å². The number of carbonyl (C=O) groups excluding carboxylic acids is 1. The highest BCUT2D eigenvalue weighted by molar-refractivity contribution is 9.09. The number of rotatable bonds is 4. The predicted molar refractivity (Wildman–Crippen MR) is 83.8 cm³/mol. The van der Waals surface area contributed by atoms with Gasteiger partial charge in [-0.15, -0.1) is 0 Å². The lowest BCUT2D eigenvalue weighted by atomic mass is 10.0. The van der Waals surface area contributed by atoms with Gasteiger partial charge in [-0.05, 0) is 35.4 Å². The van der Waals surface area contributed by atoms with E-state index in [0.717, 1.165) is 11.1 Å². The van der Waals surface area contributed by atoms with Crippen molar-refractivity contribution in [3.63, 3.8) is 0 Å². The van der Waals surface area contributed by atoms with E-state index in [0.29, 0.717) is 27.4 Å². The summed E-state index contributed by atoms with van der Waals surface area (Å²) < 4.78 is 0. The number of Topliss-reactive ketones (excluding diaryl/α,β-unsaturated/α-hetero) is 1. The third kappa shape index (κ3) is 3.59. The summed E-state index contributed by atoms with van der Waals surface area (Å²) in [6, 6.07) is 12.9. The molecule has 0 amide bonds. The van der Waals surface area contributed by atoms with E-state index in [4.69, 9.17) is 23.2 Å². The number of benzene rings is 2. The molecule has 0 N–H and O–H groups in total. The Kier molecular flexibility index (Phi) is 5.03. The Morgan fingerprint density at radius 3 is 2.37 bits per heavy atom. The molecule has 0 aliphatic rings. The molecule has 0 saturated carbocycles. The standard InChI is InChI=1S/C15H11BrCl2O/c16-9-15(19)11-5-6-14(18)12(8-11)7-10-3-1-2-4-13(10)17/h1-6,8H,7,9H2. The molecule has 0 fully saturated rings. The molecule has 2 aromatic carbocycles. The molecule has 0 saturated heterocycles. The average Bonchev–Trinajstić information content (AvgIpc) is 2.42. The van der Waals surface area contributed by atoms with Gasteiger partial charge >= 0.3 is 0 Å². The van der Waals surface area contributed by atoms with Crippen LogP contribution in [0.4, 0.5) is 0 Å². The number of ketones is 1. The number of carbonyl (C=O) groups is 1. The fourth-order valence-corrected chi connectivity index (χ4v) is 2.52. The van der Waals surface area contributed by atoms with Crippen molar-refractivity contribution >= 4 is 44.9 Å². The summed E-state index contributed by atoms with van der Waals surface area (Å²) in [6.45, 7) is 0. The number of hydrogen-bond acceptors (Lipinski definition) is 1. The highest BCUT2D eigenvalue weighted by Gasteiger charge is 2.09. The lowest BCUT2D eigenvalue weighted by Crippen LogP contribution is -2.01. The van der Waals surface area contributed by atoms with Crippen LogP contribution in [0.15, 0.2) is 42.5 Å². The van der Waals surface area contributed by atoms with Gasteiger partial charge in [0.1, 0.15) is 0 Å². The second-order valence-electron chi connectivity index (χ2n) is 4.13. The van der Waals surface area contributed by atoms with Gasteiger partial charge in [-0.25, -0.2) is 0 Å². The molecule has 0 heterocycles. The van der Waals surface area contributed by atoms with Crippen LogP contribution in [0.3, 0.4) is 0 Å². The summed E-state index contributed by atoms with van der Waals surface area (Å²) in [7, 11) is 0. The third-order valence-corrected chi connectivity index (χ3v) is 4.07. The number of hydrogen-bond donors (Lipinski definition) is 0. The summed E-state index contributed by atoms with van der Waals surface area (Å²) in [5.41, 5.74) is 2.56. The molecule has 0 bridgehead atoms. The quantitative estimate of drug-likeness (QED) is 0.545. The zero-order valence-electron chi connectivity index (χ0n) is 10.00. The molecule has 2 aromatic rings. The van der Waals surface area contributed by atoms with Crippen LogP contribution in [-0.4, -0.2) is 11.1 Å².